The lowest BCUT2D eigenvalue weighted by Gasteiger charge is -2.22. The first kappa shape index (κ1) is 18.4. The van der Waals surface area contributed by atoms with Crippen LogP contribution in [0, 0.1) is 6.92 Å². The topological polar surface area (TPSA) is 83.0 Å². The average Bonchev–Trinajstić information content (AvgIpc) is 2.80. The maximum atomic E-state index is 11.9. The van der Waals surface area contributed by atoms with Gasteiger partial charge in [-0.3, -0.25) is 4.79 Å². The third-order valence-electron chi connectivity index (χ3n) is 2.93. The zero-order valence-corrected chi connectivity index (χ0v) is 14.3. The molecular formula is C14H23N3O4S. The molecule has 0 aliphatic heterocycles. The molecule has 0 saturated heterocycles. The van der Waals surface area contributed by atoms with Crippen molar-refractivity contribution in [1.29, 1.82) is 0 Å². The minimum atomic E-state index is -0.853. The Labute approximate surface area is 134 Å². The Balaban J connectivity index is 2.90. The van der Waals surface area contributed by atoms with E-state index in [9.17, 15) is 9.59 Å². The van der Waals surface area contributed by atoms with Gasteiger partial charge in [0, 0.05) is 19.6 Å². The maximum absolute atomic E-state index is 11.9. The van der Waals surface area contributed by atoms with Gasteiger partial charge in [-0.25, -0.2) is 9.78 Å². The molecule has 0 aliphatic carbocycles. The number of aromatic nitrogens is 1. The van der Waals surface area contributed by atoms with Gasteiger partial charge in [-0.05, 0) is 27.9 Å². The average molecular weight is 329 g/mol. The highest BCUT2D eigenvalue weighted by Gasteiger charge is 2.20. The van der Waals surface area contributed by atoms with E-state index in [1.807, 2.05) is 23.9 Å². The van der Waals surface area contributed by atoms with Gasteiger partial charge in [-0.2, -0.15) is 0 Å². The van der Waals surface area contributed by atoms with Gasteiger partial charge in [0.15, 0.2) is 5.13 Å². The number of anilines is 1. The predicted octanol–water partition coefficient (Wildman–Crippen LogP) is 1.47. The summed E-state index contributed by atoms with van der Waals surface area (Å²) in [5.74, 6) is -1.23. The molecule has 0 atom stereocenters. The van der Waals surface area contributed by atoms with Gasteiger partial charge in [-0.15, -0.1) is 0 Å². The van der Waals surface area contributed by atoms with Crippen molar-refractivity contribution in [2.45, 2.75) is 20.3 Å². The SMILES string of the molecule is CCOC(=O)c1sc(N(CCC(=O)O)CCN(C)C)nc1C. The lowest BCUT2D eigenvalue weighted by molar-refractivity contribution is -0.136. The van der Waals surface area contributed by atoms with Crippen LogP contribution >= 0.6 is 11.3 Å². The van der Waals surface area contributed by atoms with Crippen LogP contribution in [-0.2, 0) is 9.53 Å². The molecule has 1 rings (SSSR count). The number of carbonyl (C=O) groups is 2. The molecule has 1 aromatic heterocycles. The number of carboxylic acid groups (broad SMARTS) is 1. The molecule has 7 nitrogen and oxygen atoms in total. The molecule has 0 aromatic carbocycles. The monoisotopic (exact) mass is 329 g/mol. The first-order valence-electron chi connectivity index (χ1n) is 7.11. The van der Waals surface area contributed by atoms with E-state index >= 15 is 0 Å². The van der Waals surface area contributed by atoms with Crippen molar-refractivity contribution in [1.82, 2.24) is 9.88 Å². The molecule has 0 aliphatic rings. The first-order valence-corrected chi connectivity index (χ1v) is 7.92. The van der Waals surface area contributed by atoms with Crippen molar-refractivity contribution in [3.05, 3.63) is 10.6 Å². The lowest BCUT2D eigenvalue weighted by atomic mass is 10.4. The van der Waals surface area contributed by atoms with Crippen LogP contribution < -0.4 is 4.90 Å². The molecule has 1 N–H and O–H groups in total. The third-order valence-corrected chi connectivity index (χ3v) is 4.13. The van der Waals surface area contributed by atoms with E-state index in [1.165, 1.54) is 11.3 Å². The summed E-state index contributed by atoms with van der Waals surface area (Å²) in [5.41, 5.74) is 0.614. The van der Waals surface area contributed by atoms with Crippen LogP contribution in [0.2, 0.25) is 0 Å². The summed E-state index contributed by atoms with van der Waals surface area (Å²) in [6.45, 7) is 5.61. The summed E-state index contributed by atoms with van der Waals surface area (Å²) in [6, 6.07) is 0. The molecule has 0 unspecified atom stereocenters. The molecule has 0 bridgehead atoms. The molecule has 124 valence electrons. The van der Waals surface area contributed by atoms with Crippen molar-refractivity contribution in [3.8, 4) is 0 Å². The van der Waals surface area contributed by atoms with Crippen molar-refractivity contribution in [2.24, 2.45) is 0 Å². The molecule has 1 aromatic rings. The molecule has 0 radical (unpaired) electrons. The Bertz CT molecular complexity index is 516. The number of likely N-dealkylation sites (N-methyl/N-ethyl adjacent to an activating group) is 1. The highest BCUT2D eigenvalue weighted by molar-refractivity contribution is 7.17. The number of carboxylic acids is 1. The molecule has 8 heteroatoms. The summed E-state index contributed by atoms with van der Waals surface area (Å²) in [6.07, 6.45) is 0.0286. The smallest absolute Gasteiger partial charge is 0.350 e. The predicted molar refractivity (Wildman–Crippen MR) is 85.8 cm³/mol. The van der Waals surface area contributed by atoms with E-state index < -0.39 is 5.97 Å². The molecule has 22 heavy (non-hydrogen) atoms. The van der Waals surface area contributed by atoms with Crippen LogP contribution in [0.5, 0.6) is 0 Å². The molecule has 0 amide bonds. The summed E-state index contributed by atoms with van der Waals surface area (Å²) in [7, 11) is 3.90. The van der Waals surface area contributed by atoms with Crippen molar-refractivity contribution in [2.75, 3.05) is 45.2 Å². The Hall–Kier alpha value is -1.67. The normalized spacial score (nSPS) is 10.8. The Morgan fingerprint density at radius 1 is 1.27 bits per heavy atom. The van der Waals surface area contributed by atoms with Crippen LogP contribution in [0.25, 0.3) is 0 Å². The third kappa shape index (κ3) is 5.61. The van der Waals surface area contributed by atoms with Crippen molar-refractivity contribution in [3.63, 3.8) is 0 Å². The fraction of sp³-hybridized carbons (Fsp3) is 0.643. The molecule has 0 saturated carbocycles. The van der Waals surface area contributed by atoms with E-state index in [2.05, 4.69) is 4.98 Å². The fourth-order valence-corrected chi connectivity index (χ4v) is 2.77. The number of hydrogen-bond donors (Lipinski definition) is 1. The van der Waals surface area contributed by atoms with Crippen molar-refractivity contribution >= 4 is 28.4 Å². The van der Waals surface area contributed by atoms with E-state index in [0.29, 0.717) is 35.4 Å². The van der Waals surface area contributed by atoms with E-state index in [-0.39, 0.29) is 12.4 Å². The van der Waals surface area contributed by atoms with Crippen LogP contribution in [0.3, 0.4) is 0 Å². The number of aryl methyl sites for hydroxylation is 1. The van der Waals surface area contributed by atoms with E-state index in [4.69, 9.17) is 9.84 Å². The Morgan fingerprint density at radius 2 is 1.95 bits per heavy atom. The summed E-state index contributed by atoms with van der Waals surface area (Å²) in [4.78, 5) is 31.5. The fourth-order valence-electron chi connectivity index (χ4n) is 1.76. The first-order chi connectivity index (χ1) is 10.3. The van der Waals surface area contributed by atoms with Crippen LogP contribution in [0.1, 0.15) is 28.7 Å². The Kier molecular flexibility index (Phi) is 7.26. The summed E-state index contributed by atoms with van der Waals surface area (Å²) < 4.78 is 5.01. The maximum Gasteiger partial charge on any atom is 0.350 e. The molecule has 0 fully saturated rings. The minimum Gasteiger partial charge on any atom is -0.481 e. The number of hydrogen-bond acceptors (Lipinski definition) is 7. The van der Waals surface area contributed by atoms with E-state index in [0.717, 1.165) is 6.54 Å². The Morgan fingerprint density at radius 3 is 2.50 bits per heavy atom. The van der Waals surface area contributed by atoms with Gasteiger partial charge in [0.2, 0.25) is 0 Å². The minimum absolute atomic E-state index is 0.0286. The van der Waals surface area contributed by atoms with E-state index in [1.54, 1.807) is 13.8 Å². The van der Waals surface area contributed by atoms with Gasteiger partial charge < -0.3 is 19.6 Å². The van der Waals surface area contributed by atoms with Gasteiger partial charge >= 0.3 is 11.9 Å². The number of nitrogens with zero attached hydrogens (tertiary/aromatic N) is 3. The van der Waals surface area contributed by atoms with Crippen LogP contribution in [0.15, 0.2) is 0 Å². The number of ether oxygens (including phenoxy) is 1. The number of carbonyl (C=O) groups excluding carboxylic acids is 1. The zero-order valence-electron chi connectivity index (χ0n) is 13.5. The second-order valence-corrected chi connectivity index (χ2v) is 6.04. The standard InChI is InChI=1S/C14H23N3O4S/c1-5-21-13(20)12-10(2)15-14(22-12)17(7-6-11(18)19)9-8-16(3)4/h5-9H2,1-4H3,(H,18,19). The largest absolute Gasteiger partial charge is 0.481 e. The number of aliphatic carboxylic acids is 1. The highest BCUT2D eigenvalue weighted by Crippen LogP contribution is 2.27. The number of rotatable bonds is 9. The van der Waals surface area contributed by atoms with Crippen LogP contribution in [0.4, 0.5) is 5.13 Å². The summed E-state index contributed by atoms with van der Waals surface area (Å²) in [5, 5.41) is 9.53. The van der Waals surface area contributed by atoms with Gasteiger partial charge in [0.05, 0.1) is 18.7 Å². The number of esters is 1. The highest BCUT2D eigenvalue weighted by atomic mass is 32.1. The van der Waals surface area contributed by atoms with Gasteiger partial charge in [0.25, 0.3) is 0 Å². The lowest BCUT2D eigenvalue weighted by Crippen LogP contribution is -2.33. The molecule has 0 spiro atoms. The second kappa shape index (κ2) is 8.70. The van der Waals surface area contributed by atoms with Gasteiger partial charge in [0.1, 0.15) is 4.88 Å². The quantitative estimate of drug-likeness (QED) is 0.687. The second-order valence-electron chi connectivity index (χ2n) is 5.07. The van der Waals surface area contributed by atoms with Crippen molar-refractivity contribution < 1.29 is 19.4 Å². The zero-order chi connectivity index (χ0) is 16.7. The number of thiazole rings is 1. The van der Waals surface area contributed by atoms with Crippen LogP contribution in [-0.4, -0.2) is 67.3 Å². The summed E-state index contributed by atoms with van der Waals surface area (Å²) >= 11 is 1.25. The molecular weight excluding hydrogens is 306 g/mol. The van der Waals surface area contributed by atoms with Gasteiger partial charge in [-0.1, -0.05) is 11.3 Å². The molecule has 1 heterocycles.